The second-order valence-corrected chi connectivity index (χ2v) is 4.68. The van der Waals surface area contributed by atoms with Gasteiger partial charge in [0.15, 0.2) is 24.2 Å². The van der Waals surface area contributed by atoms with Crippen molar-refractivity contribution in [3.05, 3.63) is 65.2 Å². The summed E-state index contributed by atoms with van der Waals surface area (Å²) in [5, 5.41) is 0.381. The third-order valence-electron chi connectivity index (χ3n) is 2.61. The summed E-state index contributed by atoms with van der Waals surface area (Å²) >= 11 is 3.14. The molecule has 0 amide bonds. The maximum absolute atomic E-state index is 13.6. The lowest BCUT2D eigenvalue weighted by Gasteiger charge is -2.10. The van der Waals surface area contributed by atoms with E-state index in [-0.39, 0.29) is 6.79 Å². The molecule has 2 aromatic carbocycles. The maximum Gasteiger partial charge on any atom is 0.193 e. The molecule has 0 aliphatic carbocycles. The first-order chi connectivity index (χ1) is 9.70. The molecule has 0 heterocycles. The number of hydrogen-bond donors (Lipinski definition) is 0. The Morgan fingerprint density at radius 1 is 0.950 bits per heavy atom. The molecule has 20 heavy (non-hydrogen) atoms. The fourth-order valence-corrected chi connectivity index (χ4v) is 1.99. The highest BCUT2D eigenvalue weighted by Gasteiger charge is 2.12. The van der Waals surface area contributed by atoms with Gasteiger partial charge in [-0.15, -0.1) is 0 Å². The van der Waals surface area contributed by atoms with Crippen LogP contribution >= 0.6 is 15.9 Å². The van der Waals surface area contributed by atoms with Crippen LogP contribution in [0.3, 0.4) is 0 Å². The van der Waals surface area contributed by atoms with E-state index in [1.807, 2.05) is 30.3 Å². The Balaban J connectivity index is 1.88. The van der Waals surface area contributed by atoms with E-state index in [2.05, 4.69) is 15.9 Å². The molecule has 0 fully saturated rings. The zero-order chi connectivity index (χ0) is 14.4. The molecule has 0 aliphatic rings. The predicted octanol–water partition coefficient (Wildman–Crippen LogP) is 4.41. The monoisotopic (exact) mass is 342 g/mol. The van der Waals surface area contributed by atoms with E-state index in [0.717, 1.165) is 5.56 Å². The molecule has 2 rings (SSSR count). The number of alkyl halides is 1. The van der Waals surface area contributed by atoms with Gasteiger partial charge in [-0.1, -0.05) is 46.3 Å². The smallest absolute Gasteiger partial charge is 0.193 e. The molecule has 0 spiro atoms. The number of benzene rings is 2. The van der Waals surface area contributed by atoms with E-state index in [4.69, 9.17) is 9.47 Å². The summed E-state index contributed by atoms with van der Waals surface area (Å²) in [6, 6.07) is 11.9. The molecule has 0 aromatic heterocycles. The van der Waals surface area contributed by atoms with Crippen LogP contribution in [0.1, 0.15) is 11.1 Å². The lowest BCUT2D eigenvalue weighted by Crippen LogP contribution is -2.06. The first-order valence-corrected chi connectivity index (χ1v) is 7.11. The Bertz CT molecular complexity index is 538. The topological polar surface area (TPSA) is 18.5 Å². The zero-order valence-corrected chi connectivity index (χ0v) is 12.2. The van der Waals surface area contributed by atoms with Crippen LogP contribution in [0.5, 0.6) is 5.75 Å². The van der Waals surface area contributed by atoms with Crippen molar-refractivity contribution in [2.45, 2.75) is 11.9 Å². The maximum atomic E-state index is 13.6. The van der Waals surface area contributed by atoms with E-state index in [9.17, 15) is 8.78 Å². The van der Waals surface area contributed by atoms with Crippen LogP contribution in [0.25, 0.3) is 0 Å². The van der Waals surface area contributed by atoms with Crippen LogP contribution in [0.15, 0.2) is 42.5 Å². The van der Waals surface area contributed by atoms with E-state index < -0.39 is 17.4 Å². The largest absolute Gasteiger partial charge is 0.461 e. The third kappa shape index (κ3) is 4.02. The first-order valence-electron chi connectivity index (χ1n) is 5.99. The van der Waals surface area contributed by atoms with Gasteiger partial charge in [-0.05, 0) is 23.3 Å². The van der Waals surface area contributed by atoms with Crippen LogP contribution < -0.4 is 4.74 Å². The Labute approximate surface area is 124 Å². The lowest BCUT2D eigenvalue weighted by atomic mass is 10.2. The van der Waals surface area contributed by atoms with Gasteiger partial charge in [0.1, 0.15) is 0 Å². The first kappa shape index (κ1) is 14.9. The summed E-state index contributed by atoms with van der Waals surface area (Å²) in [6.45, 7) is 0.111. The highest BCUT2D eigenvalue weighted by atomic mass is 79.9. The highest BCUT2D eigenvalue weighted by Crippen LogP contribution is 2.24. The summed E-state index contributed by atoms with van der Waals surface area (Å²) in [6.07, 6.45) is 0. The number of rotatable bonds is 6. The van der Waals surface area contributed by atoms with Gasteiger partial charge in [-0.3, -0.25) is 0 Å². The molecular weight excluding hydrogens is 330 g/mol. The van der Waals surface area contributed by atoms with Crippen molar-refractivity contribution in [2.75, 3.05) is 6.79 Å². The van der Waals surface area contributed by atoms with E-state index >= 15 is 0 Å². The molecule has 2 aromatic rings. The molecule has 0 unspecified atom stereocenters. The molecule has 0 aliphatic heterocycles. The van der Waals surface area contributed by atoms with E-state index in [1.165, 1.54) is 12.1 Å². The predicted molar refractivity (Wildman–Crippen MR) is 75.7 cm³/mol. The number of halogens is 3. The van der Waals surface area contributed by atoms with Gasteiger partial charge in [0.25, 0.3) is 0 Å². The van der Waals surface area contributed by atoms with Crippen molar-refractivity contribution < 1.29 is 18.3 Å². The quantitative estimate of drug-likeness (QED) is 0.439. The normalized spacial score (nSPS) is 10.6. The van der Waals surface area contributed by atoms with Gasteiger partial charge in [0.05, 0.1) is 6.61 Å². The third-order valence-corrected chi connectivity index (χ3v) is 3.26. The second-order valence-electron chi connectivity index (χ2n) is 4.12. The molecule has 0 N–H and O–H groups in total. The summed E-state index contributed by atoms with van der Waals surface area (Å²) < 4.78 is 37.4. The minimum absolute atomic E-state index is 0.212. The van der Waals surface area contributed by atoms with Gasteiger partial charge in [-0.25, -0.2) is 8.78 Å². The Morgan fingerprint density at radius 3 is 2.20 bits per heavy atom. The fraction of sp³-hybridized carbons (Fsp3) is 0.200. The Kier molecular flexibility index (Phi) is 5.49. The Hall–Kier alpha value is -1.46. The van der Waals surface area contributed by atoms with Gasteiger partial charge >= 0.3 is 0 Å². The lowest BCUT2D eigenvalue weighted by molar-refractivity contribution is 0.000848. The average molecular weight is 343 g/mol. The molecular formula is C15H13BrF2O2. The summed E-state index contributed by atoms with van der Waals surface area (Å²) in [5.74, 6) is -1.88. The molecule has 0 bridgehead atoms. The van der Waals surface area contributed by atoms with Gasteiger partial charge in [0, 0.05) is 5.33 Å². The second kappa shape index (κ2) is 7.36. The molecule has 0 saturated heterocycles. The van der Waals surface area contributed by atoms with Crippen molar-refractivity contribution in [3.63, 3.8) is 0 Å². The van der Waals surface area contributed by atoms with Gasteiger partial charge in [-0.2, -0.15) is 0 Å². The molecule has 2 nitrogen and oxygen atoms in total. The van der Waals surface area contributed by atoms with Crippen molar-refractivity contribution >= 4 is 15.9 Å². The minimum Gasteiger partial charge on any atom is -0.461 e. The molecule has 0 radical (unpaired) electrons. The Morgan fingerprint density at radius 2 is 1.60 bits per heavy atom. The minimum atomic E-state index is -0.734. The number of hydrogen-bond acceptors (Lipinski definition) is 2. The standard InChI is InChI=1S/C15H13BrF2O2/c16-8-12-6-13(17)15(14(18)7-12)20-10-19-9-11-4-2-1-3-5-11/h1-7H,8-10H2. The average Bonchev–Trinajstić information content (AvgIpc) is 2.46. The van der Waals surface area contributed by atoms with Crippen LogP contribution in [0.4, 0.5) is 8.78 Å². The number of ether oxygens (including phenoxy) is 2. The van der Waals surface area contributed by atoms with Crippen LogP contribution in [-0.2, 0) is 16.7 Å². The van der Waals surface area contributed by atoms with Crippen molar-refractivity contribution in [2.24, 2.45) is 0 Å². The highest BCUT2D eigenvalue weighted by molar-refractivity contribution is 9.08. The SMILES string of the molecule is Fc1cc(CBr)cc(F)c1OCOCc1ccccc1. The summed E-state index contributed by atoms with van der Waals surface area (Å²) in [5.41, 5.74) is 1.48. The van der Waals surface area contributed by atoms with E-state index in [0.29, 0.717) is 17.5 Å². The van der Waals surface area contributed by atoms with Gasteiger partial charge < -0.3 is 9.47 Å². The van der Waals surface area contributed by atoms with Crippen molar-refractivity contribution in [3.8, 4) is 5.75 Å². The molecule has 5 heteroatoms. The molecule has 0 atom stereocenters. The summed E-state index contributed by atoms with van der Waals surface area (Å²) in [4.78, 5) is 0. The summed E-state index contributed by atoms with van der Waals surface area (Å²) in [7, 11) is 0. The van der Waals surface area contributed by atoms with Gasteiger partial charge in [0.2, 0.25) is 0 Å². The zero-order valence-electron chi connectivity index (χ0n) is 10.6. The fourth-order valence-electron chi connectivity index (χ4n) is 1.66. The molecule has 0 saturated carbocycles. The van der Waals surface area contributed by atoms with Crippen LogP contribution in [0, 0.1) is 11.6 Å². The van der Waals surface area contributed by atoms with Crippen molar-refractivity contribution in [1.29, 1.82) is 0 Å². The van der Waals surface area contributed by atoms with Crippen LogP contribution in [0.2, 0.25) is 0 Å². The van der Waals surface area contributed by atoms with E-state index in [1.54, 1.807) is 0 Å². The van der Waals surface area contributed by atoms with Crippen LogP contribution in [-0.4, -0.2) is 6.79 Å². The van der Waals surface area contributed by atoms with Crippen molar-refractivity contribution in [1.82, 2.24) is 0 Å². The molecule has 106 valence electrons.